The van der Waals surface area contributed by atoms with Crippen molar-refractivity contribution in [3.63, 3.8) is 0 Å². The van der Waals surface area contributed by atoms with Crippen LogP contribution in [-0.4, -0.2) is 23.1 Å². The number of carboxylic acids is 1. The molecule has 5 nitrogen and oxygen atoms in total. The van der Waals surface area contributed by atoms with Gasteiger partial charge in [0.25, 0.3) is 0 Å². The van der Waals surface area contributed by atoms with Crippen molar-refractivity contribution in [1.29, 1.82) is 0 Å². The van der Waals surface area contributed by atoms with Gasteiger partial charge in [-0.1, -0.05) is 11.6 Å². The summed E-state index contributed by atoms with van der Waals surface area (Å²) >= 11 is 7.17. The van der Waals surface area contributed by atoms with Crippen molar-refractivity contribution in [1.82, 2.24) is 0 Å². The summed E-state index contributed by atoms with van der Waals surface area (Å²) in [6.45, 7) is 3.70. The first-order valence-electron chi connectivity index (χ1n) is 6.93. The van der Waals surface area contributed by atoms with Gasteiger partial charge in [0.15, 0.2) is 0 Å². The van der Waals surface area contributed by atoms with Gasteiger partial charge in [-0.05, 0) is 44.2 Å². The fraction of sp³-hybridized carbons (Fsp3) is 0.250. The Bertz CT molecular complexity index is 727. The van der Waals surface area contributed by atoms with Gasteiger partial charge in [0.1, 0.15) is 5.75 Å². The number of aromatic carboxylic acids is 1. The second-order valence-corrected chi connectivity index (χ2v) is 6.91. The van der Waals surface area contributed by atoms with E-state index in [0.717, 1.165) is 4.88 Å². The third kappa shape index (κ3) is 4.97. The molecule has 1 aromatic heterocycles. The van der Waals surface area contributed by atoms with Crippen LogP contribution in [0.25, 0.3) is 0 Å². The van der Waals surface area contributed by atoms with Gasteiger partial charge in [-0.25, -0.2) is 4.79 Å². The Labute approximate surface area is 142 Å². The Kier molecular flexibility index (Phi) is 5.63. The normalized spacial score (nSPS) is 10.6. The molecule has 1 aromatic carbocycles. The molecule has 1 heterocycles. The molecule has 2 N–H and O–H groups in total. The van der Waals surface area contributed by atoms with E-state index in [1.165, 1.54) is 23.5 Å². The highest BCUT2D eigenvalue weighted by Crippen LogP contribution is 2.28. The number of carbonyl (C=O) groups is 2. The molecule has 0 unspecified atom stereocenters. The number of hydrogen-bond acceptors (Lipinski definition) is 4. The summed E-state index contributed by atoms with van der Waals surface area (Å²) < 4.78 is 6.22. The number of carbonyl (C=O) groups excluding carboxylic acids is 1. The third-order valence-electron chi connectivity index (χ3n) is 2.83. The molecule has 0 radical (unpaired) electrons. The Morgan fingerprint density at radius 1 is 1.30 bits per heavy atom. The van der Waals surface area contributed by atoms with Gasteiger partial charge < -0.3 is 15.2 Å². The molecule has 0 aliphatic carbocycles. The number of thiophene rings is 1. The van der Waals surface area contributed by atoms with Gasteiger partial charge in [-0.2, -0.15) is 0 Å². The summed E-state index contributed by atoms with van der Waals surface area (Å²) in [5, 5.41) is 11.8. The maximum absolute atomic E-state index is 12.2. The minimum atomic E-state index is -1.07. The standard InChI is InChI=1S/C16H16ClNO4S/c1-9(2)22-13-5-3-10(16(20)21)7-12(13)18-15(19)8-11-4-6-14(17)23-11/h3-7,9H,8H2,1-2H3,(H,18,19)(H,20,21). The average Bonchev–Trinajstić information content (AvgIpc) is 2.85. The first-order chi connectivity index (χ1) is 10.8. The summed E-state index contributed by atoms with van der Waals surface area (Å²) in [5.41, 5.74) is 0.418. The van der Waals surface area contributed by atoms with Crippen LogP contribution in [-0.2, 0) is 11.2 Å². The number of amides is 1. The van der Waals surface area contributed by atoms with E-state index in [9.17, 15) is 9.59 Å². The Hall–Kier alpha value is -2.05. The number of halogens is 1. The molecule has 0 atom stereocenters. The van der Waals surface area contributed by atoms with Crippen LogP contribution in [0.2, 0.25) is 4.34 Å². The first-order valence-corrected chi connectivity index (χ1v) is 8.12. The van der Waals surface area contributed by atoms with Gasteiger partial charge >= 0.3 is 5.97 Å². The van der Waals surface area contributed by atoms with Crippen LogP contribution in [0.3, 0.4) is 0 Å². The van der Waals surface area contributed by atoms with E-state index in [-0.39, 0.29) is 24.0 Å². The summed E-state index contributed by atoms with van der Waals surface area (Å²) in [4.78, 5) is 24.1. The lowest BCUT2D eigenvalue weighted by molar-refractivity contribution is -0.115. The number of nitrogens with one attached hydrogen (secondary N) is 1. The van der Waals surface area contributed by atoms with Gasteiger partial charge in [0.2, 0.25) is 5.91 Å². The Morgan fingerprint density at radius 2 is 2.04 bits per heavy atom. The van der Waals surface area contributed by atoms with Crippen molar-refractivity contribution in [2.24, 2.45) is 0 Å². The molecular formula is C16H16ClNO4S. The fourth-order valence-electron chi connectivity index (χ4n) is 1.92. The van der Waals surface area contributed by atoms with Crippen molar-refractivity contribution < 1.29 is 19.4 Å². The smallest absolute Gasteiger partial charge is 0.335 e. The number of benzene rings is 1. The van der Waals surface area contributed by atoms with Crippen molar-refractivity contribution in [3.05, 3.63) is 45.1 Å². The molecular weight excluding hydrogens is 338 g/mol. The lowest BCUT2D eigenvalue weighted by Crippen LogP contribution is -2.16. The number of ether oxygens (including phenoxy) is 1. The first kappa shape index (κ1) is 17.3. The third-order valence-corrected chi connectivity index (χ3v) is 4.06. The van der Waals surface area contributed by atoms with E-state index in [1.807, 2.05) is 13.8 Å². The van der Waals surface area contributed by atoms with E-state index in [0.29, 0.717) is 15.8 Å². The molecule has 0 spiro atoms. The van der Waals surface area contributed by atoms with Crippen LogP contribution < -0.4 is 10.1 Å². The quantitative estimate of drug-likeness (QED) is 0.820. The van der Waals surface area contributed by atoms with Crippen molar-refractivity contribution in [2.45, 2.75) is 26.4 Å². The number of rotatable bonds is 6. The molecule has 0 saturated heterocycles. The summed E-state index contributed by atoms with van der Waals surface area (Å²) in [6.07, 6.45) is 0.0629. The van der Waals surface area contributed by atoms with Crippen LogP contribution in [0.15, 0.2) is 30.3 Å². The molecule has 0 aliphatic rings. The molecule has 0 aliphatic heterocycles. The average molecular weight is 354 g/mol. The zero-order valence-electron chi connectivity index (χ0n) is 12.6. The van der Waals surface area contributed by atoms with E-state index in [4.69, 9.17) is 21.4 Å². The number of anilines is 1. The Morgan fingerprint density at radius 3 is 2.61 bits per heavy atom. The molecule has 1 amide bonds. The highest BCUT2D eigenvalue weighted by molar-refractivity contribution is 7.16. The van der Waals surface area contributed by atoms with Crippen LogP contribution in [0.5, 0.6) is 5.75 Å². The van der Waals surface area contributed by atoms with Gasteiger partial charge in [0.05, 0.1) is 28.1 Å². The summed E-state index contributed by atoms with van der Waals surface area (Å²) in [7, 11) is 0. The van der Waals surface area contributed by atoms with Gasteiger partial charge in [-0.3, -0.25) is 4.79 Å². The van der Waals surface area contributed by atoms with E-state index >= 15 is 0 Å². The van der Waals surface area contributed by atoms with Crippen molar-refractivity contribution in [3.8, 4) is 5.75 Å². The lowest BCUT2D eigenvalue weighted by Gasteiger charge is -2.15. The van der Waals surface area contributed by atoms with Crippen LogP contribution in [0, 0.1) is 0 Å². The molecule has 0 bridgehead atoms. The minimum Gasteiger partial charge on any atom is -0.489 e. The summed E-state index contributed by atoms with van der Waals surface area (Å²) in [6, 6.07) is 7.88. The molecule has 122 valence electrons. The lowest BCUT2D eigenvalue weighted by atomic mass is 10.1. The highest BCUT2D eigenvalue weighted by Gasteiger charge is 2.14. The monoisotopic (exact) mass is 353 g/mol. The maximum atomic E-state index is 12.2. The van der Waals surface area contributed by atoms with Crippen molar-refractivity contribution >= 4 is 40.5 Å². The molecule has 2 aromatic rings. The topological polar surface area (TPSA) is 75.6 Å². The molecule has 7 heteroatoms. The van der Waals surface area contributed by atoms with Crippen LogP contribution >= 0.6 is 22.9 Å². The van der Waals surface area contributed by atoms with E-state index in [2.05, 4.69) is 5.32 Å². The van der Waals surface area contributed by atoms with Gasteiger partial charge in [0, 0.05) is 4.88 Å². The number of hydrogen-bond donors (Lipinski definition) is 2. The predicted octanol–water partition coefficient (Wildman–Crippen LogP) is 4.07. The minimum absolute atomic E-state index is 0.0792. The van der Waals surface area contributed by atoms with Crippen molar-refractivity contribution in [2.75, 3.05) is 5.32 Å². The Balaban J connectivity index is 2.19. The fourth-order valence-corrected chi connectivity index (χ4v) is 3.00. The van der Waals surface area contributed by atoms with E-state index in [1.54, 1.807) is 18.2 Å². The largest absolute Gasteiger partial charge is 0.489 e. The predicted molar refractivity (Wildman–Crippen MR) is 90.8 cm³/mol. The SMILES string of the molecule is CC(C)Oc1ccc(C(=O)O)cc1NC(=O)Cc1ccc(Cl)s1. The zero-order chi connectivity index (χ0) is 17.0. The highest BCUT2D eigenvalue weighted by atomic mass is 35.5. The van der Waals surface area contributed by atoms with Crippen LogP contribution in [0.4, 0.5) is 5.69 Å². The number of carboxylic acid groups (broad SMARTS) is 1. The zero-order valence-corrected chi connectivity index (χ0v) is 14.2. The second-order valence-electron chi connectivity index (χ2n) is 5.11. The van der Waals surface area contributed by atoms with E-state index < -0.39 is 5.97 Å². The maximum Gasteiger partial charge on any atom is 0.335 e. The molecule has 2 rings (SSSR count). The van der Waals surface area contributed by atoms with Gasteiger partial charge in [-0.15, -0.1) is 11.3 Å². The second kappa shape index (κ2) is 7.48. The summed E-state index contributed by atoms with van der Waals surface area (Å²) in [5.74, 6) is -0.899. The molecule has 0 saturated carbocycles. The van der Waals surface area contributed by atoms with Crippen LogP contribution in [0.1, 0.15) is 29.1 Å². The molecule has 23 heavy (non-hydrogen) atoms. The molecule has 0 fully saturated rings.